The van der Waals surface area contributed by atoms with E-state index >= 15 is 0 Å². The number of nitrogens with one attached hydrogen (secondary N) is 2. The summed E-state index contributed by atoms with van der Waals surface area (Å²) in [5, 5.41) is 91.2. The number of nitrogens with two attached hydrogens (primary N) is 1. The van der Waals surface area contributed by atoms with Gasteiger partial charge in [0.2, 0.25) is 5.91 Å². The Balaban J connectivity index is 1.85. The molecule has 40 heavy (non-hydrogen) atoms. The number of rotatable bonds is 8. The van der Waals surface area contributed by atoms with Crippen LogP contribution < -0.4 is 16.4 Å². The smallest absolute Gasteiger partial charge is 0.271 e. The number of phenolic OH excluding ortho intramolecular Hbond substituents is 9. The molecule has 2 amide bonds. The Morgan fingerprint density at radius 1 is 0.700 bits per heavy atom. The third-order valence-electron chi connectivity index (χ3n) is 5.41. The first-order chi connectivity index (χ1) is 18.8. The number of carbonyl (C=O) groups excluding carboxylic acids is 2. The molecule has 13 N–H and O–H groups in total. The standard InChI is InChI=1S/C26H25N3O11/c27-14(3-12-7-18(32)23(37)19(33)8-12)25(39)29-15(4-13-9-20(34)24(38)21(35)10-13)26(40)28-2-1-11-5-16(30)22(36)17(31)6-11/h1-2,4-10,14,30-38H,3,27H2,(H,28,40)(H,29,39)/t14-/m0/s1. The maximum atomic E-state index is 12.9. The van der Waals surface area contributed by atoms with Crippen molar-refractivity contribution in [2.24, 2.45) is 5.73 Å². The maximum Gasteiger partial charge on any atom is 0.271 e. The molecule has 0 fully saturated rings. The molecule has 14 heteroatoms. The fourth-order valence-electron chi connectivity index (χ4n) is 3.40. The molecule has 0 saturated carbocycles. The molecule has 1 atom stereocenters. The second-order valence-electron chi connectivity index (χ2n) is 8.46. The Bertz CT molecular complexity index is 1460. The van der Waals surface area contributed by atoms with Gasteiger partial charge in [0, 0.05) is 6.20 Å². The maximum absolute atomic E-state index is 12.9. The quantitative estimate of drug-likeness (QED) is 0.136. The monoisotopic (exact) mass is 555 g/mol. The number of aromatic hydroxyl groups is 9. The minimum Gasteiger partial charge on any atom is -0.504 e. The van der Waals surface area contributed by atoms with E-state index in [9.17, 15) is 55.5 Å². The van der Waals surface area contributed by atoms with E-state index in [0.717, 1.165) is 48.7 Å². The van der Waals surface area contributed by atoms with Gasteiger partial charge in [-0.1, -0.05) is 0 Å². The lowest BCUT2D eigenvalue weighted by Crippen LogP contribution is -2.44. The summed E-state index contributed by atoms with van der Waals surface area (Å²) in [6, 6.07) is 5.00. The lowest BCUT2D eigenvalue weighted by Gasteiger charge is -2.15. The van der Waals surface area contributed by atoms with E-state index in [1.165, 1.54) is 6.08 Å². The molecular formula is C26H25N3O11. The summed E-state index contributed by atoms with van der Waals surface area (Å²) in [7, 11) is 0. The second kappa shape index (κ2) is 11.7. The van der Waals surface area contributed by atoms with E-state index < -0.39 is 75.3 Å². The molecule has 0 aliphatic carbocycles. The van der Waals surface area contributed by atoms with Gasteiger partial charge in [0.1, 0.15) is 5.70 Å². The Morgan fingerprint density at radius 3 is 1.60 bits per heavy atom. The Hall–Kier alpha value is -5.76. The van der Waals surface area contributed by atoms with Gasteiger partial charge < -0.3 is 62.3 Å². The van der Waals surface area contributed by atoms with Crippen LogP contribution in [0.15, 0.2) is 48.3 Å². The van der Waals surface area contributed by atoms with E-state index in [1.807, 2.05) is 0 Å². The number of benzene rings is 3. The summed E-state index contributed by atoms with van der Waals surface area (Å²) in [4.78, 5) is 25.7. The molecule has 3 aromatic rings. The van der Waals surface area contributed by atoms with Crippen molar-refractivity contribution in [3.05, 3.63) is 65.0 Å². The summed E-state index contributed by atoms with van der Waals surface area (Å²) in [5.41, 5.74) is 5.83. The molecule has 0 aromatic heterocycles. The van der Waals surface area contributed by atoms with Crippen LogP contribution in [0.2, 0.25) is 0 Å². The van der Waals surface area contributed by atoms with Gasteiger partial charge in [-0.3, -0.25) is 9.59 Å². The molecular weight excluding hydrogens is 530 g/mol. The van der Waals surface area contributed by atoms with Gasteiger partial charge in [-0.25, -0.2) is 0 Å². The SMILES string of the molecule is N[C@@H](Cc1cc(O)c(O)c(O)c1)C(=O)NC(=Cc1cc(O)c(O)c(O)c1)C(=O)NC=Cc1cc(O)c(O)c(O)c1. The predicted octanol–water partition coefficient (Wildman–Crippen LogP) is 0.851. The molecule has 14 nitrogen and oxygen atoms in total. The highest BCUT2D eigenvalue weighted by atomic mass is 16.3. The number of hydrogen-bond acceptors (Lipinski definition) is 12. The van der Waals surface area contributed by atoms with Crippen molar-refractivity contribution in [2.75, 3.05) is 0 Å². The van der Waals surface area contributed by atoms with Crippen LogP contribution in [0.1, 0.15) is 16.7 Å². The lowest BCUT2D eigenvalue weighted by atomic mass is 10.0. The highest BCUT2D eigenvalue weighted by molar-refractivity contribution is 6.02. The molecule has 0 saturated heterocycles. The number of phenols is 9. The van der Waals surface area contributed by atoms with E-state index in [1.54, 1.807) is 0 Å². The molecule has 0 heterocycles. The first-order valence-electron chi connectivity index (χ1n) is 11.3. The summed E-state index contributed by atoms with van der Waals surface area (Å²) >= 11 is 0. The van der Waals surface area contributed by atoms with Gasteiger partial charge >= 0.3 is 0 Å². The van der Waals surface area contributed by atoms with Crippen molar-refractivity contribution >= 4 is 24.0 Å². The minimum atomic E-state index is -1.33. The van der Waals surface area contributed by atoms with Crippen molar-refractivity contribution in [1.29, 1.82) is 0 Å². The summed E-state index contributed by atoms with van der Waals surface area (Å²) < 4.78 is 0. The zero-order valence-electron chi connectivity index (χ0n) is 20.4. The highest BCUT2D eigenvalue weighted by Crippen LogP contribution is 2.37. The zero-order valence-corrected chi connectivity index (χ0v) is 20.4. The van der Waals surface area contributed by atoms with Crippen LogP contribution in [0.5, 0.6) is 51.7 Å². The third kappa shape index (κ3) is 6.76. The van der Waals surface area contributed by atoms with Crippen molar-refractivity contribution in [1.82, 2.24) is 10.6 Å². The topological polar surface area (TPSA) is 266 Å². The first kappa shape index (κ1) is 28.8. The van der Waals surface area contributed by atoms with Crippen LogP contribution in [0, 0.1) is 0 Å². The zero-order chi connectivity index (χ0) is 29.7. The molecule has 0 spiro atoms. The Morgan fingerprint density at radius 2 is 1.12 bits per heavy atom. The molecule has 210 valence electrons. The van der Waals surface area contributed by atoms with E-state index in [4.69, 9.17) is 5.73 Å². The predicted molar refractivity (Wildman–Crippen MR) is 139 cm³/mol. The van der Waals surface area contributed by atoms with Crippen LogP contribution in [-0.2, 0) is 16.0 Å². The number of hydrogen-bond donors (Lipinski definition) is 12. The Kier molecular flexibility index (Phi) is 8.46. The molecule has 3 rings (SSSR count). The van der Waals surface area contributed by atoms with E-state index in [2.05, 4.69) is 10.6 Å². The molecule has 0 unspecified atom stereocenters. The summed E-state index contributed by atoms with van der Waals surface area (Å²) in [6.45, 7) is 0. The van der Waals surface area contributed by atoms with Crippen LogP contribution in [0.4, 0.5) is 0 Å². The molecule has 3 aromatic carbocycles. The van der Waals surface area contributed by atoms with Crippen LogP contribution in [0.3, 0.4) is 0 Å². The molecule has 0 aliphatic heterocycles. The molecule has 0 aliphatic rings. The van der Waals surface area contributed by atoms with Gasteiger partial charge in [-0.2, -0.15) is 0 Å². The number of carbonyl (C=O) groups is 2. The van der Waals surface area contributed by atoms with Gasteiger partial charge in [0.25, 0.3) is 5.91 Å². The van der Waals surface area contributed by atoms with Gasteiger partial charge in [-0.05, 0) is 71.7 Å². The van der Waals surface area contributed by atoms with Crippen LogP contribution in [-0.4, -0.2) is 63.8 Å². The third-order valence-corrected chi connectivity index (χ3v) is 5.41. The average molecular weight is 555 g/mol. The first-order valence-corrected chi connectivity index (χ1v) is 11.3. The van der Waals surface area contributed by atoms with Gasteiger partial charge in [-0.15, -0.1) is 0 Å². The van der Waals surface area contributed by atoms with Crippen molar-refractivity contribution in [3.8, 4) is 51.7 Å². The van der Waals surface area contributed by atoms with Crippen LogP contribution >= 0.6 is 0 Å². The fourth-order valence-corrected chi connectivity index (χ4v) is 3.40. The largest absolute Gasteiger partial charge is 0.504 e. The average Bonchev–Trinajstić information content (AvgIpc) is 2.88. The van der Waals surface area contributed by atoms with Crippen molar-refractivity contribution < 1.29 is 55.5 Å². The second-order valence-corrected chi connectivity index (χ2v) is 8.46. The van der Waals surface area contributed by atoms with E-state index in [0.29, 0.717) is 0 Å². The van der Waals surface area contributed by atoms with Gasteiger partial charge in [0.05, 0.1) is 6.04 Å². The summed E-state index contributed by atoms with van der Waals surface area (Å²) in [6.07, 6.45) is 3.13. The highest BCUT2D eigenvalue weighted by Gasteiger charge is 2.21. The summed E-state index contributed by atoms with van der Waals surface area (Å²) in [5.74, 6) is -8.08. The Labute approximate surface area is 225 Å². The normalized spacial score (nSPS) is 12.3. The minimum absolute atomic E-state index is 0.0161. The van der Waals surface area contributed by atoms with Crippen molar-refractivity contribution in [3.63, 3.8) is 0 Å². The lowest BCUT2D eigenvalue weighted by molar-refractivity contribution is -0.124. The molecule has 0 bridgehead atoms. The number of amides is 2. The van der Waals surface area contributed by atoms with Crippen molar-refractivity contribution in [2.45, 2.75) is 12.5 Å². The van der Waals surface area contributed by atoms with Gasteiger partial charge in [0.15, 0.2) is 51.7 Å². The van der Waals surface area contributed by atoms with Crippen LogP contribution in [0.25, 0.3) is 12.2 Å². The van der Waals surface area contributed by atoms with E-state index in [-0.39, 0.29) is 23.1 Å². The molecule has 0 radical (unpaired) electrons. The fraction of sp³-hybridized carbons (Fsp3) is 0.0769.